The first-order valence-corrected chi connectivity index (χ1v) is 7.17. The molecule has 0 saturated heterocycles. The molecule has 0 radical (unpaired) electrons. The largest absolute Gasteiger partial charge is 0.450 e. The van der Waals surface area contributed by atoms with Crippen LogP contribution in [0.2, 0.25) is 5.02 Å². The number of rotatable bonds is 2. The van der Waals surface area contributed by atoms with Gasteiger partial charge in [0.2, 0.25) is 0 Å². The van der Waals surface area contributed by atoms with Crippen molar-refractivity contribution in [3.8, 4) is 0 Å². The highest BCUT2D eigenvalue weighted by atomic mass is 79.9. The van der Waals surface area contributed by atoms with Gasteiger partial charge >= 0.3 is 0 Å². The Balaban J connectivity index is 1.94. The molecule has 1 aromatic heterocycles. The van der Waals surface area contributed by atoms with Gasteiger partial charge in [0.15, 0.2) is 11.6 Å². The van der Waals surface area contributed by atoms with Gasteiger partial charge in [0, 0.05) is 5.39 Å². The van der Waals surface area contributed by atoms with E-state index < -0.39 is 11.7 Å². The summed E-state index contributed by atoms with van der Waals surface area (Å²) in [5.41, 5.74) is 0.571. The molecule has 0 spiro atoms. The molecule has 3 nitrogen and oxygen atoms in total. The Morgan fingerprint density at radius 3 is 2.76 bits per heavy atom. The first-order chi connectivity index (χ1) is 10.1. The highest BCUT2D eigenvalue weighted by Crippen LogP contribution is 2.28. The first kappa shape index (κ1) is 14.1. The van der Waals surface area contributed by atoms with E-state index in [0.717, 1.165) is 9.86 Å². The van der Waals surface area contributed by atoms with Gasteiger partial charge < -0.3 is 9.73 Å². The molecule has 1 heterocycles. The minimum absolute atomic E-state index is 0.00650. The van der Waals surface area contributed by atoms with Crippen molar-refractivity contribution in [3.05, 3.63) is 63.5 Å². The van der Waals surface area contributed by atoms with Crippen LogP contribution in [0.15, 0.2) is 51.4 Å². The number of fused-ring (bicyclic) bond motifs is 1. The molecule has 1 N–H and O–H groups in total. The summed E-state index contributed by atoms with van der Waals surface area (Å²) in [6, 6.07) is 11.4. The Hall–Kier alpha value is -1.85. The van der Waals surface area contributed by atoms with Gasteiger partial charge in [0.1, 0.15) is 5.58 Å². The molecule has 21 heavy (non-hydrogen) atoms. The van der Waals surface area contributed by atoms with Crippen molar-refractivity contribution in [3.63, 3.8) is 0 Å². The number of carbonyl (C=O) groups excluding carboxylic acids is 1. The molecule has 3 rings (SSSR count). The molecule has 0 aliphatic rings. The van der Waals surface area contributed by atoms with Gasteiger partial charge in [-0.05, 0) is 40.2 Å². The lowest BCUT2D eigenvalue weighted by Gasteiger charge is -2.05. The summed E-state index contributed by atoms with van der Waals surface area (Å²) in [6.45, 7) is 0. The van der Waals surface area contributed by atoms with Crippen LogP contribution >= 0.6 is 27.5 Å². The third-order valence-corrected chi connectivity index (χ3v) is 3.84. The van der Waals surface area contributed by atoms with E-state index in [1.807, 2.05) is 18.2 Å². The van der Waals surface area contributed by atoms with Gasteiger partial charge in [0.05, 0.1) is 15.2 Å². The average Bonchev–Trinajstić information content (AvgIpc) is 2.89. The zero-order valence-electron chi connectivity index (χ0n) is 10.5. The Labute approximate surface area is 132 Å². The predicted molar refractivity (Wildman–Crippen MR) is 83.3 cm³/mol. The summed E-state index contributed by atoms with van der Waals surface area (Å²) in [7, 11) is 0. The number of para-hydroxylation sites is 1. The molecular weight excluding hydrogens is 361 g/mol. The topological polar surface area (TPSA) is 42.2 Å². The summed E-state index contributed by atoms with van der Waals surface area (Å²) in [5, 5.41) is 3.16. The van der Waals surface area contributed by atoms with E-state index in [0.29, 0.717) is 5.58 Å². The van der Waals surface area contributed by atoms with Gasteiger partial charge in [0.25, 0.3) is 5.91 Å². The molecule has 0 fully saturated rings. The maximum Gasteiger partial charge on any atom is 0.291 e. The minimum atomic E-state index is -0.676. The van der Waals surface area contributed by atoms with Crippen LogP contribution in [-0.2, 0) is 0 Å². The maximum atomic E-state index is 13.8. The minimum Gasteiger partial charge on any atom is -0.450 e. The molecule has 3 aromatic rings. The summed E-state index contributed by atoms with van der Waals surface area (Å²) < 4.78 is 20.0. The Morgan fingerprint density at radius 1 is 1.24 bits per heavy atom. The number of carbonyl (C=O) groups is 1. The number of hydrogen-bond acceptors (Lipinski definition) is 2. The lowest BCUT2D eigenvalue weighted by molar-refractivity contribution is 0.0998. The van der Waals surface area contributed by atoms with Gasteiger partial charge in [-0.3, -0.25) is 4.79 Å². The Morgan fingerprint density at radius 2 is 2.00 bits per heavy atom. The summed E-state index contributed by atoms with van der Waals surface area (Å²) in [5.74, 6) is -1.12. The number of benzene rings is 2. The second kappa shape index (κ2) is 5.50. The van der Waals surface area contributed by atoms with Crippen LogP contribution in [0.4, 0.5) is 10.1 Å². The number of halogens is 3. The van der Waals surface area contributed by atoms with Crippen molar-refractivity contribution in [2.24, 2.45) is 0 Å². The molecule has 0 aliphatic carbocycles. The summed E-state index contributed by atoms with van der Waals surface area (Å²) >= 11 is 9.02. The monoisotopic (exact) mass is 367 g/mol. The average molecular weight is 369 g/mol. The van der Waals surface area contributed by atoms with Crippen molar-refractivity contribution in [1.29, 1.82) is 0 Å². The number of furan rings is 1. The van der Waals surface area contributed by atoms with Crippen molar-refractivity contribution >= 4 is 50.1 Å². The van der Waals surface area contributed by atoms with Crippen molar-refractivity contribution in [1.82, 2.24) is 0 Å². The fraction of sp³-hybridized carbons (Fsp3) is 0. The number of hydrogen-bond donors (Lipinski definition) is 1. The Bertz CT molecular complexity index is 847. The second-order valence-corrected chi connectivity index (χ2v) is 5.59. The molecular formula is C15H8BrClFNO2. The summed E-state index contributed by atoms with van der Waals surface area (Å²) in [6.07, 6.45) is 0. The van der Waals surface area contributed by atoms with E-state index in [1.54, 1.807) is 12.1 Å². The highest BCUT2D eigenvalue weighted by molar-refractivity contribution is 9.10. The number of amides is 1. The quantitative estimate of drug-likeness (QED) is 0.672. The zero-order valence-corrected chi connectivity index (χ0v) is 12.8. The Kier molecular flexibility index (Phi) is 3.69. The highest BCUT2D eigenvalue weighted by Gasteiger charge is 2.16. The van der Waals surface area contributed by atoms with Gasteiger partial charge in [-0.2, -0.15) is 0 Å². The van der Waals surface area contributed by atoms with Gasteiger partial charge in [-0.25, -0.2) is 4.39 Å². The maximum absolute atomic E-state index is 13.8. The fourth-order valence-electron chi connectivity index (χ4n) is 1.92. The molecule has 0 saturated carbocycles. The van der Waals surface area contributed by atoms with Crippen molar-refractivity contribution in [2.45, 2.75) is 0 Å². The SMILES string of the molecule is O=C(Nc1cccc(Cl)c1F)c1cc2cccc(Br)c2o1. The van der Waals surface area contributed by atoms with Gasteiger partial charge in [-0.15, -0.1) is 0 Å². The normalized spacial score (nSPS) is 10.8. The molecule has 6 heteroatoms. The second-order valence-electron chi connectivity index (χ2n) is 4.32. The first-order valence-electron chi connectivity index (χ1n) is 5.99. The van der Waals surface area contributed by atoms with E-state index in [9.17, 15) is 9.18 Å². The molecule has 1 amide bonds. The lowest BCUT2D eigenvalue weighted by atomic mass is 10.2. The number of anilines is 1. The van der Waals surface area contributed by atoms with Crippen LogP contribution < -0.4 is 5.32 Å². The molecule has 0 aliphatic heterocycles. The van der Waals surface area contributed by atoms with E-state index in [-0.39, 0.29) is 16.5 Å². The van der Waals surface area contributed by atoms with Crippen LogP contribution in [0.1, 0.15) is 10.6 Å². The van der Waals surface area contributed by atoms with Crippen LogP contribution in [0.3, 0.4) is 0 Å². The zero-order chi connectivity index (χ0) is 15.0. The smallest absolute Gasteiger partial charge is 0.291 e. The third kappa shape index (κ3) is 2.66. The van der Waals surface area contributed by atoms with Crippen molar-refractivity contribution in [2.75, 3.05) is 5.32 Å². The van der Waals surface area contributed by atoms with E-state index >= 15 is 0 Å². The fourth-order valence-corrected chi connectivity index (χ4v) is 2.56. The predicted octanol–water partition coefficient (Wildman–Crippen LogP) is 5.24. The van der Waals surface area contributed by atoms with Crippen LogP contribution in [-0.4, -0.2) is 5.91 Å². The van der Waals surface area contributed by atoms with Crippen LogP contribution in [0.5, 0.6) is 0 Å². The lowest BCUT2D eigenvalue weighted by Crippen LogP contribution is -2.12. The van der Waals surface area contributed by atoms with Crippen LogP contribution in [0, 0.1) is 5.82 Å². The van der Waals surface area contributed by atoms with Gasteiger partial charge in [-0.1, -0.05) is 29.8 Å². The summed E-state index contributed by atoms with van der Waals surface area (Å²) in [4.78, 5) is 12.1. The van der Waals surface area contributed by atoms with E-state index in [4.69, 9.17) is 16.0 Å². The van der Waals surface area contributed by atoms with Crippen molar-refractivity contribution < 1.29 is 13.6 Å². The molecule has 0 unspecified atom stereocenters. The molecule has 0 bridgehead atoms. The standard InChI is InChI=1S/C15H8BrClFNO2/c16-9-4-1-3-8-7-12(21-14(8)9)15(20)19-11-6-2-5-10(17)13(11)18/h1-7H,(H,19,20). The number of nitrogens with one attached hydrogen (secondary N) is 1. The van der Waals surface area contributed by atoms with E-state index in [1.165, 1.54) is 12.1 Å². The third-order valence-electron chi connectivity index (χ3n) is 2.92. The molecule has 2 aromatic carbocycles. The molecule has 106 valence electrons. The molecule has 0 atom stereocenters. The van der Waals surface area contributed by atoms with E-state index in [2.05, 4.69) is 21.2 Å². The van der Waals surface area contributed by atoms with Crippen LogP contribution in [0.25, 0.3) is 11.0 Å².